The Balaban J connectivity index is 0.00000104. The first-order valence-corrected chi connectivity index (χ1v) is 9.82. The first-order chi connectivity index (χ1) is 12.0. The van der Waals surface area contributed by atoms with E-state index in [0.29, 0.717) is 5.56 Å². The topological polar surface area (TPSA) is 40.5 Å². The van der Waals surface area contributed by atoms with E-state index in [4.69, 9.17) is 0 Å². The van der Waals surface area contributed by atoms with Crippen LogP contribution in [0.25, 0.3) is 0 Å². The fourth-order valence-corrected chi connectivity index (χ4v) is 3.12. The van der Waals surface area contributed by atoms with Gasteiger partial charge in [0, 0.05) is 11.5 Å². The molecule has 0 heterocycles. The van der Waals surface area contributed by atoms with E-state index >= 15 is 0 Å². The Hall–Kier alpha value is -1.70. The number of benzene rings is 1. The molecular weight excluding hydrogens is 308 g/mol. The maximum atomic E-state index is 10.3. The number of aromatic hydroxyl groups is 2. The molecule has 1 atom stereocenters. The van der Waals surface area contributed by atoms with Crippen molar-refractivity contribution in [3.63, 3.8) is 0 Å². The molecule has 2 nitrogen and oxygen atoms in total. The van der Waals surface area contributed by atoms with E-state index in [-0.39, 0.29) is 17.4 Å². The first kappa shape index (κ1) is 23.3. The molecule has 0 aromatic heterocycles. The van der Waals surface area contributed by atoms with Crippen LogP contribution in [0.1, 0.15) is 90.2 Å². The molecule has 2 N–H and O–H groups in total. The summed E-state index contributed by atoms with van der Waals surface area (Å²) in [4.78, 5) is 0. The van der Waals surface area contributed by atoms with Crippen LogP contribution in [0.5, 0.6) is 11.5 Å². The summed E-state index contributed by atoms with van der Waals surface area (Å²) in [6, 6.07) is 3.67. The molecule has 0 radical (unpaired) electrons. The monoisotopic (exact) mass is 346 g/mol. The number of rotatable bonds is 5. The van der Waals surface area contributed by atoms with Gasteiger partial charge in [0.1, 0.15) is 11.5 Å². The van der Waals surface area contributed by atoms with Gasteiger partial charge in [-0.25, -0.2) is 0 Å². The van der Waals surface area contributed by atoms with Crippen LogP contribution in [-0.2, 0) is 6.42 Å². The van der Waals surface area contributed by atoms with E-state index in [1.54, 1.807) is 6.08 Å². The van der Waals surface area contributed by atoms with Crippen molar-refractivity contribution in [3.8, 4) is 11.5 Å². The Labute approximate surface area is 155 Å². The Bertz CT molecular complexity index is 506. The van der Waals surface area contributed by atoms with Crippen LogP contribution in [0.4, 0.5) is 0 Å². The van der Waals surface area contributed by atoms with Gasteiger partial charge in [0.15, 0.2) is 0 Å². The number of phenols is 2. The highest BCUT2D eigenvalue weighted by Gasteiger charge is 2.21. The molecule has 142 valence electrons. The van der Waals surface area contributed by atoms with Gasteiger partial charge in [-0.1, -0.05) is 51.3 Å². The molecule has 0 spiro atoms. The lowest BCUT2D eigenvalue weighted by Gasteiger charge is -2.22. The molecule has 1 aromatic rings. The summed E-state index contributed by atoms with van der Waals surface area (Å²) in [7, 11) is 0. The zero-order chi connectivity index (χ0) is 19.2. The average molecular weight is 347 g/mol. The summed E-state index contributed by atoms with van der Waals surface area (Å²) in [5, 5.41) is 20.6. The molecule has 2 rings (SSSR count). The zero-order valence-electron chi connectivity index (χ0n) is 16.9. The van der Waals surface area contributed by atoms with Crippen LogP contribution < -0.4 is 0 Å². The van der Waals surface area contributed by atoms with Crippen LogP contribution >= 0.6 is 0 Å². The molecule has 0 saturated heterocycles. The minimum Gasteiger partial charge on any atom is -0.507 e. The van der Waals surface area contributed by atoms with Crippen LogP contribution in [0, 0.1) is 0 Å². The van der Waals surface area contributed by atoms with Crippen LogP contribution in [0.3, 0.4) is 0 Å². The molecule has 0 bridgehead atoms. The Morgan fingerprint density at radius 1 is 1.16 bits per heavy atom. The van der Waals surface area contributed by atoms with E-state index in [1.165, 1.54) is 18.4 Å². The Morgan fingerprint density at radius 2 is 1.72 bits per heavy atom. The highest BCUT2D eigenvalue weighted by molar-refractivity contribution is 5.50. The fraction of sp³-hybridized carbons (Fsp3) is 0.565. The summed E-state index contributed by atoms with van der Waals surface area (Å²) in [5.41, 5.74) is 3.10. The van der Waals surface area contributed by atoms with E-state index in [0.717, 1.165) is 37.7 Å². The van der Waals surface area contributed by atoms with Gasteiger partial charge in [-0.3, -0.25) is 0 Å². The maximum absolute atomic E-state index is 10.3. The molecule has 1 aliphatic rings. The highest BCUT2D eigenvalue weighted by atomic mass is 16.3. The van der Waals surface area contributed by atoms with Crippen molar-refractivity contribution in [2.75, 3.05) is 0 Å². The summed E-state index contributed by atoms with van der Waals surface area (Å²) in [6.07, 6.45) is 11.6. The predicted octanol–water partition coefficient (Wildman–Crippen LogP) is 7.26. The third-order valence-corrected chi connectivity index (χ3v) is 4.21. The number of hydrogen-bond donors (Lipinski definition) is 2. The third kappa shape index (κ3) is 8.29. The number of allylic oxidation sites excluding steroid dienone is 3. The van der Waals surface area contributed by atoms with Crippen molar-refractivity contribution in [2.24, 2.45) is 0 Å². The van der Waals surface area contributed by atoms with Crippen molar-refractivity contribution in [3.05, 3.63) is 47.6 Å². The average Bonchev–Trinajstić information content (AvgIpc) is 2.57. The number of unbranched alkanes of at least 4 members (excludes halogenated alkanes) is 2. The van der Waals surface area contributed by atoms with E-state index in [2.05, 4.69) is 26.5 Å². The molecule has 1 unspecified atom stereocenters. The Morgan fingerprint density at radius 3 is 2.20 bits per heavy atom. The number of phenolic OH excluding ortho intramolecular Hbond substituents is 2. The second-order valence-corrected chi connectivity index (χ2v) is 6.42. The predicted molar refractivity (Wildman–Crippen MR) is 111 cm³/mol. The minimum atomic E-state index is 0.161. The van der Waals surface area contributed by atoms with Gasteiger partial charge in [0.25, 0.3) is 0 Å². The maximum Gasteiger partial charge on any atom is 0.123 e. The zero-order valence-corrected chi connectivity index (χ0v) is 16.9. The molecule has 25 heavy (non-hydrogen) atoms. The fourth-order valence-electron chi connectivity index (χ4n) is 3.12. The first-order valence-electron chi connectivity index (χ1n) is 9.82. The van der Waals surface area contributed by atoms with Crippen LogP contribution in [-0.4, -0.2) is 10.2 Å². The van der Waals surface area contributed by atoms with Gasteiger partial charge in [0.2, 0.25) is 0 Å². The largest absolute Gasteiger partial charge is 0.507 e. The molecule has 0 fully saturated rings. The third-order valence-electron chi connectivity index (χ3n) is 4.21. The standard InChI is InChI=1S/C18H26O2.C3H6.C2H6/c1-3-4-5-8-14-11-16(19)18(17(20)12-14)15-9-6-7-13(2)10-15;1-3-2;1-2/h10-12,15,19-20H,3-9H2,1-2H3;3H,1H2,2H3;1-2H3. The van der Waals surface area contributed by atoms with Gasteiger partial charge in [0.05, 0.1) is 0 Å². The summed E-state index contributed by atoms with van der Waals surface area (Å²) >= 11 is 0. The van der Waals surface area contributed by atoms with E-state index in [1.807, 2.05) is 32.9 Å². The normalized spacial score (nSPS) is 15.9. The quantitative estimate of drug-likeness (QED) is 0.435. The number of hydrogen-bond acceptors (Lipinski definition) is 2. The lowest BCUT2D eigenvalue weighted by Crippen LogP contribution is -2.03. The molecule has 0 amide bonds. The lowest BCUT2D eigenvalue weighted by molar-refractivity contribution is 0.427. The van der Waals surface area contributed by atoms with Crippen LogP contribution in [0.15, 0.2) is 36.4 Å². The molecule has 2 heteroatoms. The minimum absolute atomic E-state index is 0.161. The van der Waals surface area contributed by atoms with Crippen LogP contribution in [0.2, 0.25) is 0 Å². The highest BCUT2D eigenvalue weighted by Crippen LogP contribution is 2.41. The number of aryl methyl sites for hydroxylation is 1. The van der Waals surface area contributed by atoms with Gasteiger partial charge in [-0.15, -0.1) is 6.58 Å². The molecular formula is C23H38O2. The second-order valence-electron chi connectivity index (χ2n) is 6.42. The van der Waals surface area contributed by atoms with Crippen molar-refractivity contribution in [2.45, 2.75) is 85.5 Å². The van der Waals surface area contributed by atoms with Crippen molar-refractivity contribution < 1.29 is 10.2 Å². The summed E-state index contributed by atoms with van der Waals surface area (Å²) in [6.45, 7) is 13.6. The summed E-state index contributed by atoms with van der Waals surface area (Å²) in [5.74, 6) is 0.674. The van der Waals surface area contributed by atoms with Crippen molar-refractivity contribution in [1.29, 1.82) is 0 Å². The SMILES string of the molecule is C=CC.CC.CCCCCc1cc(O)c(C2C=C(C)CCC2)c(O)c1. The molecule has 0 saturated carbocycles. The van der Waals surface area contributed by atoms with Gasteiger partial charge < -0.3 is 10.2 Å². The van der Waals surface area contributed by atoms with Gasteiger partial charge >= 0.3 is 0 Å². The lowest BCUT2D eigenvalue weighted by atomic mass is 9.84. The van der Waals surface area contributed by atoms with E-state index in [9.17, 15) is 10.2 Å². The molecule has 1 aromatic carbocycles. The van der Waals surface area contributed by atoms with Crippen molar-refractivity contribution >= 4 is 0 Å². The van der Waals surface area contributed by atoms with Crippen molar-refractivity contribution in [1.82, 2.24) is 0 Å². The second kappa shape index (κ2) is 13.6. The van der Waals surface area contributed by atoms with E-state index < -0.39 is 0 Å². The summed E-state index contributed by atoms with van der Waals surface area (Å²) < 4.78 is 0. The molecule has 1 aliphatic carbocycles. The van der Waals surface area contributed by atoms with Gasteiger partial charge in [-0.2, -0.15) is 0 Å². The Kier molecular flexibility index (Phi) is 12.7. The molecule has 0 aliphatic heterocycles. The van der Waals surface area contributed by atoms with Gasteiger partial charge in [-0.05, 0) is 63.6 Å². The smallest absolute Gasteiger partial charge is 0.123 e.